The van der Waals surface area contributed by atoms with Crippen molar-refractivity contribution in [1.29, 1.82) is 0 Å². The van der Waals surface area contributed by atoms with Crippen LogP contribution >= 0.6 is 0 Å². The molecule has 2 aromatic carbocycles. The first-order valence-corrected chi connectivity index (χ1v) is 14.2. The number of carbonyl (C=O) groups excluding carboxylic acids is 1. The predicted molar refractivity (Wildman–Crippen MR) is 151 cm³/mol. The highest BCUT2D eigenvalue weighted by Gasteiger charge is 2.42. The number of aryl methyl sites for hydroxylation is 1. The van der Waals surface area contributed by atoms with Crippen LogP contribution in [0.1, 0.15) is 45.7 Å². The number of carbonyl (C=O) groups is 1. The van der Waals surface area contributed by atoms with Crippen LogP contribution in [0.5, 0.6) is 0 Å². The second-order valence-electron chi connectivity index (χ2n) is 11.9. The summed E-state index contributed by atoms with van der Waals surface area (Å²) in [6, 6.07) is 9.09. The van der Waals surface area contributed by atoms with E-state index in [2.05, 4.69) is 14.9 Å². The van der Waals surface area contributed by atoms with Gasteiger partial charge in [-0.25, -0.2) is 9.97 Å². The predicted octanol–water partition coefficient (Wildman–Crippen LogP) is 5.40. The number of alkyl halides is 3. The molecule has 0 radical (unpaired) electrons. The fourth-order valence-electron chi connectivity index (χ4n) is 6.57. The Bertz CT molecular complexity index is 1710. The number of anilines is 1. The van der Waals surface area contributed by atoms with Crippen LogP contribution in [0.3, 0.4) is 0 Å². The van der Waals surface area contributed by atoms with Crippen LogP contribution in [-0.4, -0.2) is 63.4 Å². The van der Waals surface area contributed by atoms with Gasteiger partial charge >= 0.3 is 6.18 Å². The Morgan fingerprint density at radius 2 is 1.88 bits per heavy atom. The third-order valence-corrected chi connectivity index (χ3v) is 8.85. The maximum Gasteiger partial charge on any atom is 0.416 e. The van der Waals surface area contributed by atoms with E-state index in [9.17, 15) is 18.0 Å². The number of hydrogen-bond acceptors (Lipinski definition) is 6. The number of piperidine rings is 1. The zero-order valence-corrected chi connectivity index (χ0v) is 23.5. The Morgan fingerprint density at radius 3 is 2.62 bits per heavy atom. The van der Waals surface area contributed by atoms with Gasteiger partial charge in [-0.1, -0.05) is 0 Å². The van der Waals surface area contributed by atoms with Gasteiger partial charge in [0.05, 0.1) is 36.5 Å². The van der Waals surface area contributed by atoms with E-state index in [1.165, 1.54) is 18.7 Å². The van der Waals surface area contributed by atoms with Gasteiger partial charge in [0.2, 0.25) is 0 Å². The average Bonchev–Trinajstić information content (AvgIpc) is 3.27. The Balaban J connectivity index is 1.11. The second kappa shape index (κ2) is 9.88. The number of ether oxygens (including phenoxy) is 1. The molecule has 42 heavy (non-hydrogen) atoms. The van der Waals surface area contributed by atoms with Crippen LogP contribution in [0, 0.1) is 19.3 Å². The molecular weight excluding hydrogens is 545 g/mol. The van der Waals surface area contributed by atoms with Crippen LogP contribution in [0.25, 0.3) is 22.3 Å². The number of benzene rings is 2. The molecule has 2 saturated heterocycles. The van der Waals surface area contributed by atoms with Crippen molar-refractivity contribution < 1.29 is 22.7 Å². The van der Waals surface area contributed by atoms with E-state index in [-0.39, 0.29) is 11.3 Å². The molecule has 1 spiro atoms. The minimum Gasteiger partial charge on any atom is -0.380 e. The number of rotatable bonds is 4. The van der Waals surface area contributed by atoms with Gasteiger partial charge in [0.1, 0.15) is 5.69 Å². The minimum absolute atomic E-state index is 0.0710. The van der Waals surface area contributed by atoms with Gasteiger partial charge in [0.15, 0.2) is 5.82 Å². The van der Waals surface area contributed by atoms with Crippen LogP contribution in [-0.2, 0) is 24.0 Å². The van der Waals surface area contributed by atoms with Gasteiger partial charge in [0.25, 0.3) is 5.91 Å². The van der Waals surface area contributed by atoms with Crippen LogP contribution in [0.4, 0.5) is 18.9 Å². The Kier molecular flexibility index (Phi) is 6.36. The van der Waals surface area contributed by atoms with Gasteiger partial charge in [-0.05, 0) is 75.2 Å². The quantitative estimate of drug-likeness (QED) is 0.324. The van der Waals surface area contributed by atoms with Crippen LogP contribution in [0.15, 0.2) is 42.6 Å². The highest BCUT2D eigenvalue weighted by atomic mass is 19.4. The second-order valence-corrected chi connectivity index (χ2v) is 11.9. The third kappa shape index (κ3) is 4.64. The summed E-state index contributed by atoms with van der Waals surface area (Å²) in [5.74, 6) is 0.340. The molecule has 3 aliphatic rings. The molecule has 218 valence electrons. The van der Waals surface area contributed by atoms with Gasteiger partial charge in [-0.3, -0.25) is 14.4 Å². The van der Waals surface area contributed by atoms with Gasteiger partial charge in [-0.15, -0.1) is 0 Å². The highest BCUT2D eigenvalue weighted by molar-refractivity contribution is 6.07. The molecule has 0 N–H and O–H groups in total. The normalized spacial score (nSPS) is 18.9. The molecule has 7 rings (SSSR count). The lowest BCUT2D eigenvalue weighted by Crippen LogP contribution is -2.54. The number of hydrogen-bond donors (Lipinski definition) is 0. The van der Waals surface area contributed by atoms with Gasteiger partial charge < -0.3 is 9.64 Å². The number of likely N-dealkylation sites (tertiary alicyclic amines) is 1. The molecule has 0 unspecified atom stereocenters. The first-order valence-electron chi connectivity index (χ1n) is 14.2. The van der Waals surface area contributed by atoms with E-state index in [0.29, 0.717) is 35.5 Å². The SMILES string of the molecule is Cc1cc(-c2ncc3cc(C(F)(F)F)ccc3n2)ccc1N1CCn2nc(CN3CCCC4(COC4)C3)c(C)c2C1=O. The Labute approximate surface area is 241 Å². The summed E-state index contributed by atoms with van der Waals surface area (Å²) in [6.07, 6.45) is -0.647. The van der Waals surface area contributed by atoms with Crippen molar-refractivity contribution in [3.8, 4) is 11.4 Å². The minimum atomic E-state index is -4.42. The van der Waals surface area contributed by atoms with Crippen molar-refractivity contribution in [1.82, 2.24) is 24.6 Å². The Hall–Kier alpha value is -3.83. The summed E-state index contributed by atoms with van der Waals surface area (Å²) in [5, 5.41) is 5.17. The Morgan fingerprint density at radius 1 is 1.05 bits per heavy atom. The van der Waals surface area contributed by atoms with E-state index in [1.807, 2.05) is 36.7 Å². The number of halogens is 3. The topological polar surface area (TPSA) is 76.4 Å². The molecular formula is C31H31F3N6O2. The van der Waals surface area contributed by atoms with Crippen molar-refractivity contribution in [3.05, 3.63) is 70.7 Å². The van der Waals surface area contributed by atoms with Crippen molar-refractivity contribution in [2.24, 2.45) is 5.41 Å². The van der Waals surface area contributed by atoms with Crippen LogP contribution in [0.2, 0.25) is 0 Å². The van der Waals surface area contributed by atoms with Crippen molar-refractivity contribution in [2.45, 2.75) is 46.0 Å². The van der Waals surface area contributed by atoms with E-state index in [0.717, 1.165) is 79.5 Å². The highest BCUT2D eigenvalue weighted by Crippen LogP contribution is 2.38. The molecule has 0 bridgehead atoms. The first kappa shape index (κ1) is 27.0. The molecule has 5 heterocycles. The smallest absolute Gasteiger partial charge is 0.380 e. The molecule has 0 atom stereocenters. The fourth-order valence-corrected chi connectivity index (χ4v) is 6.57. The van der Waals surface area contributed by atoms with Crippen molar-refractivity contribution >= 4 is 22.5 Å². The largest absolute Gasteiger partial charge is 0.416 e. The maximum absolute atomic E-state index is 13.8. The number of fused-ring (bicyclic) bond motifs is 2. The van der Waals surface area contributed by atoms with E-state index < -0.39 is 11.7 Å². The molecule has 0 aliphatic carbocycles. The zero-order chi connectivity index (χ0) is 29.2. The molecule has 2 aromatic heterocycles. The summed E-state index contributed by atoms with van der Waals surface area (Å²) in [6.45, 7) is 9.49. The first-order chi connectivity index (χ1) is 20.1. The lowest BCUT2D eigenvalue weighted by molar-refractivity contribution is -0.145. The molecule has 3 aliphatic heterocycles. The molecule has 4 aromatic rings. The van der Waals surface area contributed by atoms with Crippen molar-refractivity contribution in [2.75, 3.05) is 37.7 Å². The lowest BCUT2D eigenvalue weighted by atomic mass is 9.78. The van der Waals surface area contributed by atoms with Crippen LogP contribution < -0.4 is 4.90 Å². The van der Waals surface area contributed by atoms with E-state index in [1.54, 1.807) is 4.90 Å². The number of nitrogens with zero attached hydrogens (tertiary/aromatic N) is 6. The lowest BCUT2D eigenvalue weighted by Gasteiger charge is -2.48. The molecule has 11 heteroatoms. The van der Waals surface area contributed by atoms with Crippen molar-refractivity contribution in [3.63, 3.8) is 0 Å². The van der Waals surface area contributed by atoms with Gasteiger partial charge in [-0.2, -0.15) is 18.3 Å². The standard InChI is InChI=1S/C31H31F3N6O2/c1-19-12-21(28-35-14-22-13-23(31(32,33)34)5-6-24(22)36-28)4-7-26(19)39-10-11-40-27(29(39)41)20(2)25(37-40)15-38-9-3-8-30(16-38)17-42-18-30/h4-7,12-14H,3,8-11,15-18H2,1-2H3. The summed E-state index contributed by atoms with van der Waals surface area (Å²) in [5.41, 5.74) is 4.92. The molecule has 8 nitrogen and oxygen atoms in total. The average molecular weight is 577 g/mol. The fraction of sp³-hybridized carbons (Fsp3) is 0.419. The van der Waals surface area contributed by atoms with Gasteiger partial charge in [0, 0.05) is 53.4 Å². The number of amides is 1. The number of aromatic nitrogens is 4. The monoisotopic (exact) mass is 576 g/mol. The van der Waals surface area contributed by atoms with E-state index in [4.69, 9.17) is 9.84 Å². The summed E-state index contributed by atoms with van der Waals surface area (Å²) in [7, 11) is 0. The molecule has 1 amide bonds. The summed E-state index contributed by atoms with van der Waals surface area (Å²) >= 11 is 0. The third-order valence-electron chi connectivity index (χ3n) is 8.85. The molecule has 2 fully saturated rings. The van der Waals surface area contributed by atoms with E-state index >= 15 is 0 Å². The molecule has 0 saturated carbocycles. The zero-order valence-electron chi connectivity index (χ0n) is 23.5. The maximum atomic E-state index is 13.8. The summed E-state index contributed by atoms with van der Waals surface area (Å²) < 4.78 is 46.6. The summed E-state index contributed by atoms with van der Waals surface area (Å²) in [4.78, 5) is 26.9.